The van der Waals surface area contributed by atoms with E-state index in [2.05, 4.69) is 15.9 Å². The molecule has 1 aromatic heterocycles. The van der Waals surface area contributed by atoms with E-state index in [1.54, 1.807) is 11.3 Å². The molecule has 2 atom stereocenters. The first-order valence-corrected chi connectivity index (χ1v) is 6.43. The Morgan fingerprint density at radius 1 is 1.67 bits per heavy atom. The van der Waals surface area contributed by atoms with Gasteiger partial charge in [0, 0.05) is 6.61 Å². The van der Waals surface area contributed by atoms with Gasteiger partial charge in [-0.15, -0.1) is 11.3 Å². The second-order valence-corrected chi connectivity index (χ2v) is 6.08. The minimum absolute atomic E-state index is 0.000811. The van der Waals surface area contributed by atoms with Crippen LogP contribution in [0.2, 0.25) is 0 Å². The van der Waals surface area contributed by atoms with Gasteiger partial charge in [-0.1, -0.05) is 0 Å². The van der Waals surface area contributed by atoms with Crippen LogP contribution in [0.4, 0.5) is 0 Å². The van der Waals surface area contributed by atoms with Crippen LogP contribution < -0.4 is 0 Å². The topological polar surface area (TPSA) is 38.7 Å². The maximum Gasteiger partial charge on any atom is 0.201 e. The highest BCUT2D eigenvalue weighted by atomic mass is 79.9. The highest BCUT2D eigenvalue weighted by Gasteiger charge is 2.39. The van der Waals surface area contributed by atoms with Crippen molar-refractivity contribution >= 4 is 27.3 Å². The van der Waals surface area contributed by atoms with Gasteiger partial charge in [-0.3, -0.25) is 0 Å². The van der Waals surface area contributed by atoms with Gasteiger partial charge >= 0.3 is 0 Å². The molecule has 0 amide bonds. The normalized spacial score (nSPS) is 31.0. The van der Waals surface area contributed by atoms with E-state index in [4.69, 9.17) is 14.6 Å². The van der Waals surface area contributed by atoms with Gasteiger partial charge in [-0.25, -0.2) is 0 Å². The molecule has 1 N–H and O–H groups in total. The van der Waals surface area contributed by atoms with Gasteiger partial charge in [-0.05, 0) is 41.4 Å². The third kappa shape index (κ3) is 2.42. The molecule has 2 unspecified atom stereocenters. The Balaban J connectivity index is 2.09. The number of thiophene rings is 1. The van der Waals surface area contributed by atoms with Crippen LogP contribution in [-0.4, -0.2) is 24.4 Å². The quantitative estimate of drug-likeness (QED) is 0.930. The molecule has 0 aromatic carbocycles. The minimum atomic E-state index is -0.642. The summed E-state index contributed by atoms with van der Waals surface area (Å²) in [5.74, 6) is -0.642. The highest BCUT2D eigenvalue weighted by Crippen LogP contribution is 2.39. The molecule has 1 aliphatic heterocycles. The molecule has 1 saturated heterocycles. The summed E-state index contributed by atoms with van der Waals surface area (Å²) < 4.78 is 12.5. The van der Waals surface area contributed by atoms with Gasteiger partial charge < -0.3 is 14.6 Å². The van der Waals surface area contributed by atoms with Crippen LogP contribution in [0.25, 0.3) is 0 Å². The van der Waals surface area contributed by atoms with Crippen molar-refractivity contribution in [3.8, 4) is 0 Å². The lowest BCUT2D eigenvalue weighted by atomic mass is 10.2. The van der Waals surface area contributed by atoms with Crippen molar-refractivity contribution < 1.29 is 14.6 Å². The van der Waals surface area contributed by atoms with Crippen molar-refractivity contribution in [2.45, 2.75) is 25.2 Å². The SMILES string of the molecule is CC1(c2ccc(Br)s2)OCC(CCO)O1. The van der Waals surface area contributed by atoms with Crippen LogP contribution in [0.3, 0.4) is 0 Å². The van der Waals surface area contributed by atoms with Crippen molar-refractivity contribution in [2.24, 2.45) is 0 Å². The molecule has 0 bridgehead atoms. The van der Waals surface area contributed by atoms with E-state index < -0.39 is 5.79 Å². The number of rotatable bonds is 3. The largest absolute Gasteiger partial charge is 0.396 e. The van der Waals surface area contributed by atoms with Gasteiger partial charge in [0.05, 0.1) is 21.4 Å². The second-order valence-electron chi connectivity index (χ2n) is 3.61. The Bertz CT molecular complexity index is 341. The summed E-state index contributed by atoms with van der Waals surface area (Å²) in [4.78, 5) is 1.05. The van der Waals surface area contributed by atoms with Crippen molar-refractivity contribution in [1.29, 1.82) is 0 Å². The molecule has 1 fully saturated rings. The third-order valence-corrected chi connectivity index (χ3v) is 4.22. The summed E-state index contributed by atoms with van der Waals surface area (Å²) in [6, 6.07) is 3.98. The van der Waals surface area contributed by atoms with Gasteiger partial charge in [0.15, 0.2) is 0 Å². The van der Waals surface area contributed by atoms with E-state index in [-0.39, 0.29) is 12.7 Å². The maximum atomic E-state index is 8.83. The van der Waals surface area contributed by atoms with Crippen molar-refractivity contribution in [2.75, 3.05) is 13.2 Å². The first-order valence-electron chi connectivity index (χ1n) is 4.82. The summed E-state index contributed by atoms with van der Waals surface area (Å²) in [5, 5.41) is 8.83. The molecular formula is C10H13BrO3S. The van der Waals surface area contributed by atoms with Crippen LogP contribution >= 0.6 is 27.3 Å². The minimum Gasteiger partial charge on any atom is -0.396 e. The predicted octanol–water partition coefficient (Wildman–Crippen LogP) is 2.48. The van der Waals surface area contributed by atoms with Crippen LogP contribution in [0.1, 0.15) is 18.2 Å². The zero-order valence-corrected chi connectivity index (χ0v) is 10.8. The molecule has 15 heavy (non-hydrogen) atoms. The molecule has 2 rings (SSSR count). The summed E-state index contributed by atoms with van der Waals surface area (Å²) in [6.07, 6.45) is 0.628. The van der Waals surface area contributed by atoms with Gasteiger partial charge in [-0.2, -0.15) is 0 Å². The van der Waals surface area contributed by atoms with E-state index in [1.165, 1.54) is 0 Å². The van der Waals surface area contributed by atoms with Crippen molar-refractivity contribution in [1.82, 2.24) is 0 Å². The maximum absolute atomic E-state index is 8.83. The van der Waals surface area contributed by atoms with Crippen LogP contribution in [0.15, 0.2) is 15.9 Å². The fourth-order valence-electron chi connectivity index (χ4n) is 1.61. The summed E-state index contributed by atoms with van der Waals surface area (Å²) >= 11 is 5.02. The van der Waals surface area contributed by atoms with E-state index in [0.717, 1.165) is 8.66 Å². The molecule has 2 heterocycles. The smallest absolute Gasteiger partial charge is 0.201 e. The fraction of sp³-hybridized carbons (Fsp3) is 0.600. The standard InChI is InChI=1S/C10H13BrO3S/c1-10(8-2-3-9(11)15-8)13-6-7(14-10)4-5-12/h2-3,7,12H,4-6H2,1H3. The molecule has 3 nitrogen and oxygen atoms in total. The van der Waals surface area contributed by atoms with E-state index in [9.17, 15) is 0 Å². The number of hydrogen-bond acceptors (Lipinski definition) is 4. The Morgan fingerprint density at radius 3 is 3.07 bits per heavy atom. The molecule has 0 spiro atoms. The molecule has 1 aliphatic rings. The Labute approximate surface area is 101 Å². The molecular weight excluding hydrogens is 280 g/mol. The van der Waals surface area contributed by atoms with Gasteiger partial charge in [0.1, 0.15) is 0 Å². The van der Waals surface area contributed by atoms with Gasteiger partial charge in [0.25, 0.3) is 0 Å². The predicted molar refractivity (Wildman–Crippen MR) is 61.9 cm³/mol. The zero-order valence-electron chi connectivity index (χ0n) is 8.40. The number of aliphatic hydroxyl groups is 1. The molecule has 0 aliphatic carbocycles. The number of halogens is 1. The van der Waals surface area contributed by atoms with Crippen molar-refractivity contribution in [3.63, 3.8) is 0 Å². The lowest BCUT2D eigenvalue weighted by Crippen LogP contribution is -2.22. The van der Waals surface area contributed by atoms with Crippen LogP contribution in [-0.2, 0) is 15.3 Å². The number of aliphatic hydroxyl groups excluding tert-OH is 1. The zero-order chi connectivity index (χ0) is 10.9. The lowest BCUT2D eigenvalue weighted by Gasteiger charge is -2.21. The average molecular weight is 293 g/mol. The first-order chi connectivity index (χ1) is 7.14. The average Bonchev–Trinajstić information content (AvgIpc) is 2.75. The third-order valence-electron chi connectivity index (χ3n) is 2.41. The molecule has 0 saturated carbocycles. The molecule has 0 radical (unpaired) electrons. The Kier molecular flexibility index (Phi) is 3.47. The summed E-state index contributed by atoms with van der Waals surface area (Å²) in [5.41, 5.74) is 0. The summed E-state index contributed by atoms with van der Waals surface area (Å²) in [7, 11) is 0. The van der Waals surface area contributed by atoms with Crippen LogP contribution in [0, 0.1) is 0 Å². The van der Waals surface area contributed by atoms with E-state index >= 15 is 0 Å². The molecule has 5 heteroatoms. The summed E-state index contributed by atoms with van der Waals surface area (Å²) in [6.45, 7) is 2.60. The first kappa shape index (κ1) is 11.5. The Hall–Kier alpha value is 0.0600. The fourth-order valence-corrected chi connectivity index (χ4v) is 3.04. The lowest BCUT2D eigenvalue weighted by molar-refractivity contribution is -0.160. The molecule has 84 valence electrons. The second kappa shape index (κ2) is 4.51. The molecule has 1 aromatic rings. The highest BCUT2D eigenvalue weighted by molar-refractivity contribution is 9.11. The Morgan fingerprint density at radius 2 is 2.47 bits per heavy atom. The van der Waals surface area contributed by atoms with Gasteiger partial charge in [0.2, 0.25) is 5.79 Å². The van der Waals surface area contributed by atoms with Crippen molar-refractivity contribution in [3.05, 3.63) is 20.8 Å². The van der Waals surface area contributed by atoms with Crippen LogP contribution in [0.5, 0.6) is 0 Å². The number of hydrogen-bond donors (Lipinski definition) is 1. The number of ether oxygens (including phenoxy) is 2. The van der Waals surface area contributed by atoms with E-state index in [1.807, 2.05) is 19.1 Å². The van der Waals surface area contributed by atoms with E-state index in [0.29, 0.717) is 13.0 Å². The monoisotopic (exact) mass is 292 g/mol.